The van der Waals surface area contributed by atoms with E-state index in [2.05, 4.69) is 40.1 Å². The number of carbonyl (C=O) groups is 1. The zero-order valence-corrected chi connectivity index (χ0v) is 14.9. The largest absolute Gasteiger partial charge is 0.365 e. The van der Waals surface area contributed by atoms with Crippen LogP contribution in [0.15, 0.2) is 30.3 Å². The highest BCUT2D eigenvalue weighted by Crippen LogP contribution is 2.61. The molecule has 2 atom stereocenters. The highest BCUT2D eigenvalue weighted by Gasteiger charge is 2.58. The van der Waals surface area contributed by atoms with Gasteiger partial charge in [-0.3, -0.25) is 4.79 Å². The van der Waals surface area contributed by atoms with Gasteiger partial charge in [0.25, 0.3) is 0 Å². The van der Waals surface area contributed by atoms with Crippen molar-refractivity contribution < 1.29 is 4.79 Å². The van der Waals surface area contributed by atoms with Crippen LogP contribution in [0.2, 0.25) is 0 Å². The topological polar surface area (TPSA) is 23.6 Å². The predicted molar refractivity (Wildman–Crippen MR) is 98.3 cm³/mol. The van der Waals surface area contributed by atoms with Crippen LogP contribution < -0.4 is 4.90 Å². The van der Waals surface area contributed by atoms with Crippen LogP contribution >= 0.6 is 0 Å². The van der Waals surface area contributed by atoms with E-state index in [4.69, 9.17) is 0 Å². The minimum Gasteiger partial charge on any atom is -0.365 e. The van der Waals surface area contributed by atoms with Gasteiger partial charge < -0.3 is 9.80 Å². The number of hydrogen-bond acceptors (Lipinski definition) is 2. The molecule has 6 bridgehead atoms. The Balaban J connectivity index is 1.22. The number of fused-ring (bicyclic) bond motifs is 2. The van der Waals surface area contributed by atoms with Crippen molar-refractivity contribution in [3.05, 3.63) is 30.3 Å². The second kappa shape index (κ2) is 5.02. The maximum Gasteiger partial charge on any atom is 0.229 e. The first-order chi connectivity index (χ1) is 12.2. The number of hydrogen-bond donors (Lipinski definition) is 0. The van der Waals surface area contributed by atoms with E-state index in [1.165, 1.54) is 50.6 Å². The Morgan fingerprint density at radius 2 is 1.48 bits per heavy atom. The van der Waals surface area contributed by atoms with Crippen LogP contribution in [-0.4, -0.2) is 36.0 Å². The summed E-state index contributed by atoms with van der Waals surface area (Å²) in [6.45, 7) is 1.99. The van der Waals surface area contributed by atoms with Crippen LogP contribution in [0.5, 0.6) is 0 Å². The number of likely N-dealkylation sites (tertiary alicyclic amines) is 1. The lowest BCUT2D eigenvalue weighted by Gasteiger charge is -2.57. The van der Waals surface area contributed by atoms with Gasteiger partial charge in [0.05, 0.1) is 11.5 Å². The van der Waals surface area contributed by atoms with Crippen LogP contribution in [-0.2, 0) is 4.79 Å². The molecule has 0 N–H and O–H groups in total. The summed E-state index contributed by atoms with van der Waals surface area (Å²) < 4.78 is 0. The average molecular weight is 336 g/mol. The molecule has 1 amide bonds. The molecule has 2 heterocycles. The zero-order valence-electron chi connectivity index (χ0n) is 14.9. The van der Waals surface area contributed by atoms with Gasteiger partial charge in [-0.05, 0) is 74.8 Å². The molecule has 3 heteroatoms. The van der Waals surface area contributed by atoms with E-state index in [1.54, 1.807) is 0 Å². The summed E-state index contributed by atoms with van der Waals surface area (Å²) in [5.41, 5.74) is 1.37. The van der Waals surface area contributed by atoms with E-state index in [0.717, 1.165) is 30.8 Å². The molecular weight excluding hydrogens is 308 g/mol. The minimum absolute atomic E-state index is 0.0385. The Morgan fingerprint density at radius 1 is 0.840 bits per heavy atom. The molecule has 0 spiro atoms. The Morgan fingerprint density at radius 3 is 2.04 bits per heavy atom. The lowest BCUT2D eigenvalue weighted by atomic mass is 9.49. The van der Waals surface area contributed by atoms with Crippen molar-refractivity contribution in [1.29, 1.82) is 0 Å². The second-order valence-corrected chi connectivity index (χ2v) is 9.69. The van der Waals surface area contributed by atoms with Crippen molar-refractivity contribution in [1.82, 2.24) is 4.90 Å². The summed E-state index contributed by atoms with van der Waals surface area (Å²) in [4.78, 5) is 18.5. The molecule has 132 valence electrons. The third-order valence-electron chi connectivity index (χ3n) is 8.08. The normalized spacial score (nSPS) is 43.9. The van der Waals surface area contributed by atoms with Gasteiger partial charge in [0.15, 0.2) is 0 Å². The number of benzene rings is 1. The molecule has 0 unspecified atom stereocenters. The summed E-state index contributed by atoms with van der Waals surface area (Å²) >= 11 is 0. The van der Waals surface area contributed by atoms with Gasteiger partial charge in [-0.25, -0.2) is 0 Å². The SMILES string of the molecule is O=C(N1C[C@@H]2C[C@H]1CN2c1ccccc1)C12CC3CC(CC(C3)C1)C2. The van der Waals surface area contributed by atoms with Crippen molar-refractivity contribution in [2.45, 2.75) is 57.0 Å². The van der Waals surface area contributed by atoms with Crippen LogP contribution in [0, 0.1) is 23.2 Å². The van der Waals surface area contributed by atoms with Crippen LogP contribution in [0.3, 0.4) is 0 Å². The molecular formula is C22H28N2O. The van der Waals surface area contributed by atoms with Crippen LogP contribution in [0.4, 0.5) is 5.69 Å². The molecule has 1 aromatic rings. The smallest absolute Gasteiger partial charge is 0.229 e. The molecule has 3 nitrogen and oxygen atoms in total. The van der Waals surface area contributed by atoms with Gasteiger partial charge in [0.2, 0.25) is 5.91 Å². The van der Waals surface area contributed by atoms with Gasteiger partial charge in [0.1, 0.15) is 0 Å². The molecule has 6 aliphatic rings. The van der Waals surface area contributed by atoms with Crippen molar-refractivity contribution in [3.63, 3.8) is 0 Å². The second-order valence-electron chi connectivity index (χ2n) is 9.69. The number of nitrogens with zero attached hydrogens (tertiary/aromatic N) is 2. The van der Waals surface area contributed by atoms with E-state index in [1.807, 2.05) is 0 Å². The molecule has 25 heavy (non-hydrogen) atoms. The summed E-state index contributed by atoms with van der Waals surface area (Å²) in [6, 6.07) is 11.7. The van der Waals surface area contributed by atoms with Crippen LogP contribution in [0.25, 0.3) is 0 Å². The number of para-hydroxylation sites is 1. The maximum atomic E-state index is 13.6. The van der Waals surface area contributed by atoms with Gasteiger partial charge in [0, 0.05) is 24.8 Å². The Kier molecular flexibility index (Phi) is 2.94. The van der Waals surface area contributed by atoms with Gasteiger partial charge in [-0.15, -0.1) is 0 Å². The lowest BCUT2D eigenvalue weighted by Crippen LogP contribution is -2.58. The van der Waals surface area contributed by atoms with E-state index < -0.39 is 0 Å². The van der Waals surface area contributed by atoms with Crippen LogP contribution in [0.1, 0.15) is 44.9 Å². The summed E-state index contributed by atoms with van der Waals surface area (Å²) in [5, 5.41) is 0. The quantitative estimate of drug-likeness (QED) is 0.822. The third-order valence-corrected chi connectivity index (χ3v) is 8.08. The van der Waals surface area contributed by atoms with E-state index in [-0.39, 0.29) is 5.41 Å². The molecule has 6 fully saturated rings. The predicted octanol–water partition coefficient (Wildman–Crippen LogP) is 3.69. The van der Waals surface area contributed by atoms with Crippen molar-refractivity contribution >= 4 is 11.6 Å². The first-order valence-electron chi connectivity index (χ1n) is 10.3. The fourth-order valence-corrected chi connectivity index (χ4v) is 7.53. The maximum absolute atomic E-state index is 13.6. The minimum atomic E-state index is 0.0385. The summed E-state index contributed by atoms with van der Waals surface area (Å²) in [7, 11) is 0. The molecule has 0 aromatic heterocycles. The van der Waals surface area contributed by atoms with Crippen molar-refractivity contribution in [2.75, 3.05) is 18.0 Å². The van der Waals surface area contributed by atoms with E-state index >= 15 is 0 Å². The summed E-state index contributed by atoms with van der Waals surface area (Å²) in [6.07, 6.45) is 9.03. The number of amides is 1. The zero-order chi connectivity index (χ0) is 16.6. The number of rotatable bonds is 2. The number of piperazine rings is 1. The van der Waals surface area contributed by atoms with Crippen molar-refractivity contribution in [3.8, 4) is 0 Å². The van der Waals surface area contributed by atoms with Crippen molar-refractivity contribution in [2.24, 2.45) is 23.2 Å². The highest BCUT2D eigenvalue weighted by atomic mass is 16.2. The average Bonchev–Trinajstić information content (AvgIpc) is 3.21. The standard InChI is InChI=1S/C22H28N2O/c25-21(22-10-15-6-16(11-22)8-17(7-15)12-22)24-14-19-9-20(24)13-23(19)18-4-2-1-3-5-18/h1-5,15-17,19-20H,6-14H2/t15?,16?,17?,19-,20-,22?/m0/s1. The first-order valence-corrected chi connectivity index (χ1v) is 10.3. The van der Waals surface area contributed by atoms with Gasteiger partial charge >= 0.3 is 0 Å². The van der Waals surface area contributed by atoms with E-state index in [9.17, 15) is 4.79 Å². The Labute approximate surface area is 150 Å². The van der Waals surface area contributed by atoms with E-state index in [0.29, 0.717) is 18.0 Å². The monoisotopic (exact) mass is 336 g/mol. The number of carbonyl (C=O) groups excluding carboxylic acids is 1. The molecule has 0 radical (unpaired) electrons. The molecule has 4 aliphatic carbocycles. The van der Waals surface area contributed by atoms with Gasteiger partial charge in [-0.2, -0.15) is 0 Å². The molecule has 2 saturated heterocycles. The molecule has 4 saturated carbocycles. The molecule has 2 aliphatic heterocycles. The van der Waals surface area contributed by atoms with Gasteiger partial charge in [-0.1, -0.05) is 18.2 Å². The highest BCUT2D eigenvalue weighted by molar-refractivity contribution is 5.84. The fraction of sp³-hybridized carbons (Fsp3) is 0.682. The molecule has 7 rings (SSSR count). The fourth-order valence-electron chi connectivity index (χ4n) is 7.53. The first kappa shape index (κ1) is 14.6. The third kappa shape index (κ3) is 2.07. The summed E-state index contributed by atoms with van der Waals surface area (Å²) in [5.74, 6) is 3.12. The lowest BCUT2D eigenvalue weighted by molar-refractivity contribution is -0.158. The molecule has 1 aromatic carbocycles. The number of anilines is 1. The Bertz CT molecular complexity index is 664. The Hall–Kier alpha value is -1.51.